The van der Waals surface area contributed by atoms with E-state index in [0.29, 0.717) is 0 Å². The van der Waals surface area contributed by atoms with Gasteiger partial charge in [0.05, 0.1) is 0 Å². The molecule has 0 atom stereocenters. The number of halogens is 1. The van der Waals surface area contributed by atoms with Gasteiger partial charge >= 0.3 is 0 Å². The minimum atomic E-state index is 0.770. The summed E-state index contributed by atoms with van der Waals surface area (Å²) in [5, 5.41) is 5.38. The Balaban J connectivity index is 1.43. The number of rotatable bonds is 5. The Bertz CT molecular complexity index is 972. The van der Waals surface area contributed by atoms with Gasteiger partial charge in [0.25, 0.3) is 0 Å². The molecule has 0 aliphatic carbocycles. The number of aromatic amines is 1. The summed E-state index contributed by atoms with van der Waals surface area (Å²) in [6, 6.07) is 20.7. The summed E-state index contributed by atoms with van der Waals surface area (Å²) in [4.78, 5) is 7.50. The third-order valence-corrected chi connectivity index (χ3v) is 4.55. The van der Waals surface area contributed by atoms with Crippen molar-refractivity contribution < 1.29 is 0 Å². The first-order valence-electron chi connectivity index (χ1n) is 8.26. The van der Waals surface area contributed by atoms with Crippen LogP contribution in [0.15, 0.2) is 73.1 Å². The SMILES string of the molecule is Clc1ccc(CNCc2ccc(-c3ccnc4[nH]ccc34)cc2)cc1. The lowest BCUT2D eigenvalue weighted by Crippen LogP contribution is -2.12. The third-order valence-electron chi connectivity index (χ3n) is 4.30. The maximum absolute atomic E-state index is 5.91. The van der Waals surface area contributed by atoms with Crippen molar-refractivity contribution >= 4 is 22.6 Å². The lowest BCUT2D eigenvalue weighted by molar-refractivity contribution is 0.693. The molecule has 2 heterocycles. The molecule has 3 nitrogen and oxygen atoms in total. The van der Waals surface area contributed by atoms with Gasteiger partial charge in [0.1, 0.15) is 5.65 Å². The van der Waals surface area contributed by atoms with Crippen LogP contribution in [0, 0.1) is 0 Å². The molecule has 0 radical (unpaired) electrons. The van der Waals surface area contributed by atoms with Crippen LogP contribution in [-0.2, 0) is 13.1 Å². The molecule has 0 saturated heterocycles. The summed E-state index contributed by atoms with van der Waals surface area (Å²) in [5.41, 5.74) is 5.82. The molecule has 0 amide bonds. The zero-order valence-corrected chi connectivity index (χ0v) is 14.4. The van der Waals surface area contributed by atoms with E-state index in [2.05, 4.69) is 51.7 Å². The van der Waals surface area contributed by atoms with Crippen molar-refractivity contribution in [2.24, 2.45) is 0 Å². The Morgan fingerprint density at radius 1 is 0.840 bits per heavy atom. The monoisotopic (exact) mass is 347 g/mol. The Labute approximate surface area is 151 Å². The number of benzene rings is 2. The molecule has 0 saturated carbocycles. The number of pyridine rings is 1. The summed E-state index contributed by atoms with van der Waals surface area (Å²) in [5.74, 6) is 0. The van der Waals surface area contributed by atoms with Crippen LogP contribution in [0.2, 0.25) is 5.02 Å². The van der Waals surface area contributed by atoms with E-state index in [1.165, 1.54) is 22.3 Å². The Kier molecular flexibility index (Phi) is 4.51. The summed E-state index contributed by atoms with van der Waals surface area (Å²) in [6.45, 7) is 1.66. The van der Waals surface area contributed by atoms with E-state index in [0.717, 1.165) is 29.1 Å². The van der Waals surface area contributed by atoms with Crippen molar-refractivity contribution in [3.05, 3.63) is 89.2 Å². The van der Waals surface area contributed by atoms with Gasteiger partial charge in [-0.15, -0.1) is 0 Å². The first-order chi connectivity index (χ1) is 12.3. The molecule has 0 fully saturated rings. The topological polar surface area (TPSA) is 40.7 Å². The van der Waals surface area contributed by atoms with Gasteiger partial charge < -0.3 is 10.3 Å². The van der Waals surface area contributed by atoms with Crippen molar-refractivity contribution in [2.45, 2.75) is 13.1 Å². The van der Waals surface area contributed by atoms with E-state index in [4.69, 9.17) is 11.6 Å². The highest BCUT2D eigenvalue weighted by molar-refractivity contribution is 6.30. The first-order valence-corrected chi connectivity index (χ1v) is 8.64. The summed E-state index contributed by atoms with van der Waals surface area (Å²) < 4.78 is 0. The minimum Gasteiger partial charge on any atom is -0.346 e. The van der Waals surface area contributed by atoms with Gasteiger partial charge in [-0.3, -0.25) is 0 Å². The molecule has 2 N–H and O–H groups in total. The highest BCUT2D eigenvalue weighted by Crippen LogP contribution is 2.27. The summed E-state index contributed by atoms with van der Waals surface area (Å²) in [6.07, 6.45) is 3.77. The van der Waals surface area contributed by atoms with Crippen LogP contribution in [0.5, 0.6) is 0 Å². The molecule has 4 heteroatoms. The van der Waals surface area contributed by atoms with Crippen LogP contribution in [0.4, 0.5) is 0 Å². The average Bonchev–Trinajstić information content (AvgIpc) is 3.13. The van der Waals surface area contributed by atoms with Crippen molar-refractivity contribution in [1.82, 2.24) is 15.3 Å². The average molecular weight is 348 g/mol. The van der Waals surface area contributed by atoms with Gasteiger partial charge in [-0.05, 0) is 46.5 Å². The Morgan fingerprint density at radius 2 is 1.52 bits per heavy atom. The quantitative estimate of drug-likeness (QED) is 0.522. The van der Waals surface area contributed by atoms with E-state index < -0.39 is 0 Å². The van der Waals surface area contributed by atoms with Crippen molar-refractivity contribution in [1.29, 1.82) is 0 Å². The highest BCUT2D eigenvalue weighted by Gasteiger charge is 2.05. The number of hydrogen-bond acceptors (Lipinski definition) is 2. The van der Waals surface area contributed by atoms with Gasteiger partial charge in [-0.2, -0.15) is 0 Å². The van der Waals surface area contributed by atoms with Gasteiger partial charge in [0, 0.05) is 35.9 Å². The number of hydrogen-bond donors (Lipinski definition) is 2. The van der Waals surface area contributed by atoms with Gasteiger partial charge in [-0.25, -0.2) is 4.98 Å². The number of fused-ring (bicyclic) bond motifs is 1. The second kappa shape index (κ2) is 7.09. The number of aromatic nitrogens is 2. The van der Waals surface area contributed by atoms with Crippen molar-refractivity contribution in [2.75, 3.05) is 0 Å². The van der Waals surface area contributed by atoms with Crippen LogP contribution in [0.3, 0.4) is 0 Å². The van der Waals surface area contributed by atoms with E-state index in [1.807, 2.05) is 36.7 Å². The molecule has 0 unspecified atom stereocenters. The first kappa shape index (κ1) is 15.9. The third kappa shape index (κ3) is 3.58. The zero-order valence-electron chi connectivity index (χ0n) is 13.7. The van der Waals surface area contributed by atoms with Crippen LogP contribution in [-0.4, -0.2) is 9.97 Å². The molecule has 0 aliphatic rings. The van der Waals surface area contributed by atoms with E-state index >= 15 is 0 Å². The predicted octanol–water partition coefficient (Wildman–Crippen LogP) is 5.17. The van der Waals surface area contributed by atoms with E-state index in [9.17, 15) is 0 Å². The fraction of sp³-hybridized carbons (Fsp3) is 0.0952. The molecule has 4 aromatic rings. The Hall–Kier alpha value is -2.62. The second-order valence-corrected chi connectivity index (χ2v) is 6.46. The largest absolute Gasteiger partial charge is 0.346 e. The maximum atomic E-state index is 5.91. The molecular formula is C21H18ClN3. The molecule has 0 spiro atoms. The Morgan fingerprint density at radius 3 is 2.24 bits per heavy atom. The number of nitrogens with one attached hydrogen (secondary N) is 2. The van der Waals surface area contributed by atoms with Crippen LogP contribution < -0.4 is 5.32 Å². The van der Waals surface area contributed by atoms with Gasteiger partial charge in [-0.1, -0.05) is 48.0 Å². The molecule has 25 heavy (non-hydrogen) atoms. The van der Waals surface area contributed by atoms with E-state index in [-0.39, 0.29) is 0 Å². The maximum Gasteiger partial charge on any atom is 0.137 e. The fourth-order valence-electron chi connectivity index (χ4n) is 2.97. The molecular weight excluding hydrogens is 330 g/mol. The molecule has 0 aliphatic heterocycles. The zero-order chi connectivity index (χ0) is 17.1. The lowest BCUT2D eigenvalue weighted by Gasteiger charge is -2.08. The van der Waals surface area contributed by atoms with Crippen LogP contribution in [0.1, 0.15) is 11.1 Å². The smallest absolute Gasteiger partial charge is 0.137 e. The molecule has 2 aromatic heterocycles. The normalized spacial score (nSPS) is 11.1. The van der Waals surface area contributed by atoms with Gasteiger partial charge in [0.2, 0.25) is 0 Å². The predicted molar refractivity (Wildman–Crippen MR) is 104 cm³/mol. The molecule has 4 rings (SSSR count). The molecule has 124 valence electrons. The lowest BCUT2D eigenvalue weighted by atomic mass is 10.0. The summed E-state index contributed by atoms with van der Waals surface area (Å²) in [7, 11) is 0. The fourth-order valence-corrected chi connectivity index (χ4v) is 3.09. The number of nitrogens with zero attached hydrogens (tertiary/aromatic N) is 1. The number of H-pyrrole nitrogens is 1. The minimum absolute atomic E-state index is 0.770. The van der Waals surface area contributed by atoms with Crippen molar-refractivity contribution in [3.8, 4) is 11.1 Å². The second-order valence-electron chi connectivity index (χ2n) is 6.03. The standard InChI is InChI=1S/C21H18ClN3/c22-18-7-3-16(4-8-18)14-23-13-15-1-5-17(6-2-15)19-9-11-24-21-20(19)10-12-25-21/h1-12,23H,13-14H2,(H,24,25). The van der Waals surface area contributed by atoms with Crippen molar-refractivity contribution in [3.63, 3.8) is 0 Å². The van der Waals surface area contributed by atoms with Gasteiger partial charge in [0.15, 0.2) is 0 Å². The van der Waals surface area contributed by atoms with E-state index in [1.54, 1.807) is 0 Å². The molecule has 2 aromatic carbocycles. The van der Waals surface area contributed by atoms with Crippen LogP contribution >= 0.6 is 11.6 Å². The summed E-state index contributed by atoms with van der Waals surface area (Å²) >= 11 is 5.91. The molecule has 0 bridgehead atoms. The van der Waals surface area contributed by atoms with Crippen LogP contribution in [0.25, 0.3) is 22.2 Å². The highest BCUT2D eigenvalue weighted by atomic mass is 35.5.